The van der Waals surface area contributed by atoms with E-state index in [0.717, 1.165) is 25.1 Å². The van der Waals surface area contributed by atoms with Crippen molar-refractivity contribution in [3.63, 3.8) is 0 Å². The molecule has 106 valence electrons. The van der Waals surface area contributed by atoms with Gasteiger partial charge in [0.25, 0.3) is 0 Å². The number of rotatable bonds is 5. The maximum absolute atomic E-state index is 10.6. The van der Waals surface area contributed by atoms with Crippen molar-refractivity contribution < 1.29 is 10.2 Å². The number of aliphatic hydroxyl groups excluding tert-OH is 1. The van der Waals surface area contributed by atoms with Gasteiger partial charge in [-0.3, -0.25) is 4.90 Å². The standard InChI is InChI=1S/C16H25NO2/c1-3-16(2,17-10-4-5-11-17)15(19)12-13-6-8-14(18)9-7-13/h6-9,15,18-19H,3-5,10-12H2,1-2H3. The summed E-state index contributed by atoms with van der Waals surface area (Å²) in [6.07, 6.45) is 3.69. The van der Waals surface area contributed by atoms with Gasteiger partial charge >= 0.3 is 0 Å². The second-order valence-electron chi connectivity index (χ2n) is 5.79. The van der Waals surface area contributed by atoms with Gasteiger partial charge < -0.3 is 10.2 Å². The van der Waals surface area contributed by atoms with Gasteiger partial charge in [-0.1, -0.05) is 19.1 Å². The van der Waals surface area contributed by atoms with Crippen LogP contribution >= 0.6 is 0 Å². The minimum atomic E-state index is -0.375. The zero-order chi connectivity index (χ0) is 13.9. The summed E-state index contributed by atoms with van der Waals surface area (Å²) in [5.74, 6) is 0.274. The molecule has 3 heteroatoms. The van der Waals surface area contributed by atoms with Gasteiger partial charge in [0.05, 0.1) is 6.10 Å². The fourth-order valence-electron chi connectivity index (χ4n) is 2.97. The van der Waals surface area contributed by atoms with Crippen molar-refractivity contribution in [2.45, 2.75) is 51.2 Å². The third kappa shape index (κ3) is 3.10. The quantitative estimate of drug-likeness (QED) is 0.858. The number of benzene rings is 1. The molecule has 1 aliphatic rings. The zero-order valence-corrected chi connectivity index (χ0v) is 12.0. The van der Waals surface area contributed by atoms with Crippen LogP contribution < -0.4 is 0 Å². The third-order valence-corrected chi connectivity index (χ3v) is 4.63. The SMILES string of the molecule is CCC(C)(C(O)Cc1ccc(O)cc1)N1CCCC1. The molecule has 2 rings (SSSR count). The highest BCUT2D eigenvalue weighted by Gasteiger charge is 2.38. The summed E-state index contributed by atoms with van der Waals surface area (Å²) in [7, 11) is 0. The predicted octanol–water partition coefficient (Wildman–Crippen LogP) is 2.56. The van der Waals surface area contributed by atoms with E-state index < -0.39 is 0 Å². The maximum atomic E-state index is 10.6. The zero-order valence-electron chi connectivity index (χ0n) is 12.0. The van der Waals surface area contributed by atoms with E-state index >= 15 is 0 Å². The molecule has 0 radical (unpaired) electrons. The van der Waals surface area contributed by atoms with Gasteiger partial charge in [-0.15, -0.1) is 0 Å². The summed E-state index contributed by atoms with van der Waals surface area (Å²) in [6, 6.07) is 7.14. The number of aliphatic hydroxyl groups is 1. The molecular formula is C16H25NO2. The normalized spacial score (nSPS) is 21.2. The number of hydrogen-bond donors (Lipinski definition) is 2. The Bertz CT molecular complexity index is 398. The summed E-state index contributed by atoms with van der Waals surface area (Å²) in [4.78, 5) is 2.43. The molecule has 0 bridgehead atoms. The molecule has 1 fully saturated rings. The highest BCUT2D eigenvalue weighted by molar-refractivity contribution is 5.26. The van der Waals surface area contributed by atoms with E-state index in [0.29, 0.717) is 6.42 Å². The Morgan fingerprint density at radius 3 is 2.32 bits per heavy atom. The smallest absolute Gasteiger partial charge is 0.115 e. The van der Waals surface area contributed by atoms with E-state index in [1.54, 1.807) is 12.1 Å². The molecule has 19 heavy (non-hydrogen) atoms. The molecule has 1 aromatic carbocycles. The lowest BCUT2D eigenvalue weighted by molar-refractivity contribution is -0.0117. The molecule has 1 heterocycles. The van der Waals surface area contributed by atoms with Crippen molar-refractivity contribution in [1.29, 1.82) is 0 Å². The molecule has 2 N–H and O–H groups in total. The predicted molar refractivity (Wildman–Crippen MR) is 77.3 cm³/mol. The van der Waals surface area contributed by atoms with Crippen LogP contribution in [0.4, 0.5) is 0 Å². The minimum absolute atomic E-state index is 0.144. The Morgan fingerprint density at radius 1 is 1.21 bits per heavy atom. The minimum Gasteiger partial charge on any atom is -0.508 e. The fraction of sp³-hybridized carbons (Fsp3) is 0.625. The molecule has 0 aliphatic carbocycles. The van der Waals surface area contributed by atoms with E-state index in [1.165, 1.54) is 12.8 Å². The van der Waals surface area contributed by atoms with Gasteiger partial charge in [0, 0.05) is 12.0 Å². The van der Waals surface area contributed by atoms with E-state index in [4.69, 9.17) is 0 Å². The van der Waals surface area contributed by atoms with Crippen LogP contribution in [0, 0.1) is 0 Å². The largest absolute Gasteiger partial charge is 0.508 e. The molecule has 0 amide bonds. The first kappa shape index (κ1) is 14.4. The molecule has 0 aromatic heterocycles. The number of nitrogens with zero attached hydrogens (tertiary/aromatic N) is 1. The first-order valence-corrected chi connectivity index (χ1v) is 7.27. The van der Waals surface area contributed by atoms with Gasteiger partial charge in [0.15, 0.2) is 0 Å². The van der Waals surface area contributed by atoms with Gasteiger partial charge in [-0.05, 0) is 57.0 Å². The molecule has 1 aliphatic heterocycles. The van der Waals surface area contributed by atoms with Crippen molar-refractivity contribution in [1.82, 2.24) is 4.90 Å². The highest BCUT2D eigenvalue weighted by Crippen LogP contribution is 2.29. The Morgan fingerprint density at radius 2 is 1.79 bits per heavy atom. The number of aromatic hydroxyl groups is 1. The van der Waals surface area contributed by atoms with Crippen molar-refractivity contribution in [2.75, 3.05) is 13.1 Å². The van der Waals surface area contributed by atoms with Gasteiger partial charge in [-0.25, -0.2) is 0 Å². The first-order valence-electron chi connectivity index (χ1n) is 7.27. The van der Waals surface area contributed by atoms with Crippen LogP contribution in [0.15, 0.2) is 24.3 Å². The Kier molecular flexibility index (Phi) is 4.48. The molecule has 0 spiro atoms. The number of phenolic OH excluding ortho intramolecular Hbond substituents is 1. The number of phenols is 1. The second kappa shape index (κ2) is 5.93. The molecule has 1 aromatic rings. The lowest BCUT2D eigenvalue weighted by Crippen LogP contribution is -2.53. The Balaban J connectivity index is 2.07. The molecule has 2 unspecified atom stereocenters. The maximum Gasteiger partial charge on any atom is 0.115 e. The van der Waals surface area contributed by atoms with E-state index in [9.17, 15) is 10.2 Å². The topological polar surface area (TPSA) is 43.7 Å². The van der Waals surface area contributed by atoms with Crippen LogP contribution in [0.5, 0.6) is 5.75 Å². The summed E-state index contributed by atoms with van der Waals surface area (Å²) in [5, 5.41) is 19.9. The van der Waals surface area contributed by atoms with E-state index in [2.05, 4.69) is 18.7 Å². The molecular weight excluding hydrogens is 238 g/mol. The molecule has 2 atom stereocenters. The van der Waals surface area contributed by atoms with E-state index in [-0.39, 0.29) is 17.4 Å². The monoisotopic (exact) mass is 263 g/mol. The van der Waals surface area contributed by atoms with Crippen LogP contribution in [0.1, 0.15) is 38.7 Å². The van der Waals surface area contributed by atoms with Crippen molar-refractivity contribution in [3.8, 4) is 5.75 Å². The van der Waals surface area contributed by atoms with Gasteiger partial charge in [0.2, 0.25) is 0 Å². The second-order valence-corrected chi connectivity index (χ2v) is 5.79. The lowest BCUT2D eigenvalue weighted by atomic mass is 9.86. The highest BCUT2D eigenvalue weighted by atomic mass is 16.3. The first-order chi connectivity index (χ1) is 9.06. The van der Waals surface area contributed by atoms with Crippen LogP contribution in [0.3, 0.4) is 0 Å². The van der Waals surface area contributed by atoms with Crippen molar-refractivity contribution in [2.24, 2.45) is 0 Å². The average molecular weight is 263 g/mol. The van der Waals surface area contributed by atoms with E-state index in [1.807, 2.05) is 12.1 Å². The summed E-state index contributed by atoms with van der Waals surface area (Å²) >= 11 is 0. The molecule has 0 saturated carbocycles. The summed E-state index contributed by atoms with van der Waals surface area (Å²) in [6.45, 7) is 6.51. The molecule has 3 nitrogen and oxygen atoms in total. The Hall–Kier alpha value is -1.06. The van der Waals surface area contributed by atoms with Gasteiger partial charge in [-0.2, -0.15) is 0 Å². The van der Waals surface area contributed by atoms with Crippen molar-refractivity contribution in [3.05, 3.63) is 29.8 Å². The van der Waals surface area contributed by atoms with Crippen LogP contribution in [-0.2, 0) is 6.42 Å². The molecule has 1 saturated heterocycles. The van der Waals surface area contributed by atoms with Crippen LogP contribution in [0.2, 0.25) is 0 Å². The fourth-order valence-corrected chi connectivity index (χ4v) is 2.97. The summed E-state index contributed by atoms with van der Waals surface area (Å²) in [5.41, 5.74) is 0.929. The number of hydrogen-bond acceptors (Lipinski definition) is 3. The average Bonchev–Trinajstić information content (AvgIpc) is 2.95. The van der Waals surface area contributed by atoms with Crippen molar-refractivity contribution >= 4 is 0 Å². The lowest BCUT2D eigenvalue weighted by Gasteiger charge is -2.42. The van der Waals surface area contributed by atoms with Crippen LogP contribution in [0.25, 0.3) is 0 Å². The Labute approximate surface area is 115 Å². The summed E-state index contributed by atoms with van der Waals surface area (Å²) < 4.78 is 0. The van der Waals surface area contributed by atoms with Gasteiger partial charge in [0.1, 0.15) is 5.75 Å². The van der Waals surface area contributed by atoms with Crippen LogP contribution in [-0.4, -0.2) is 39.8 Å². The number of likely N-dealkylation sites (tertiary alicyclic amines) is 1. The third-order valence-electron chi connectivity index (χ3n) is 4.63.